The van der Waals surface area contributed by atoms with E-state index in [4.69, 9.17) is 5.73 Å². The highest BCUT2D eigenvalue weighted by atomic mass is 16.1. The van der Waals surface area contributed by atoms with Crippen molar-refractivity contribution in [2.45, 2.75) is 52.1 Å². The molecule has 3 N–H and O–H groups in total. The van der Waals surface area contributed by atoms with E-state index < -0.39 is 0 Å². The zero-order chi connectivity index (χ0) is 13.1. The Bertz CT molecular complexity index is 252. The first-order chi connectivity index (χ1) is 7.84. The number of rotatable bonds is 3. The van der Waals surface area contributed by atoms with Crippen molar-refractivity contribution in [2.75, 3.05) is 19.6 Å². The molecule has 1 atom stereocenters. The number of carbonyl (C=O) groups excluding carboxylic acids is 1. The standard InChI is InChI=1S/C13H27N3O/c1-10(9-14)12(17)15-11-5-7-16(8-6-11)13(2,3)4/h10-11H,5-9,14H2,1-4H3,(H,15,17). The highest BCUT2D eigenvalue weighted by Gasteiger charge is 2.27. The van der Waals surface area contributed by atoms with Gasteiger partial charge in [-0.15, -0.1) is 0 Å². The molecule has 1 aliphatic rings. The van der Waals surface area contributed by atoms with Crippen molar-refractivity contribution in [3.63, 3.8) is 0 Å². The third-order valence-electron chi connectivity index (χ3n) is 3.59. The topological polar surface area (TPSA) is 58.4 Å². The van der Waals surface area contributed by atoms with Gasteiger partial charge in [-0.25, -0.2) is 0 Å². The van der Waals surface area contributed by atoms with Gasteiger partial charge in [0.15, 0.2) is 0 Å². The van der Waals surface area contributed by atoms with Crippen LogP contribution >= 0.6 is 0 Å². The predicted octanol–water partition coefficient (Wildman–Crippen LogP) is 0.960. The number of amides is 1. The highest BCUT2D eigenvalue weighted by molar-refractivity contribution is 5.78. The Kier molecular flexibility index (Phi) is 4.95. The second kappa shape index (κ2) is 5.83. The van der Waals surface area contributed by atoms with Crippen LogP contribution in [0.3, 0.4) is 0 Å². The molecule has 1 heterocycles. The molecule has 1 unspecified atom stereocenters. The van der Waals surface area contributed by atoms with Gasteiger partial charge in [0, 0.05) is 37.1 Å². The molecule has 0 bridgehead atoms. The molecule has 0 radical (unpaired) electrons. The minimum atomic E-state index is -0.0735. The van der Waals surface area contributed by atoms with Gasteiger partial charge in [-0.2, -0.15) is 0 Å². The summed E-state index contributed by atoms with van der Waals surface area (Å²) in [6.07, 6.45) is 2.08. The molecule has 4 nitrogen and oxygen atoms in total. The van der Waals surface area contributed by atoms with E-state index in [1.165, 1.54) is 0 Å². The maximum absolute atomic E-state index is 11.7. The average molecular weight is 241 g/mol. The maximum Gasteiger partial charge on any atom is 0.224 e. The second-order valence-electron chi connectivity index (χ2n) is 6.08. The lowest BCUT2D eigenvalue weighted by Gasteiger charge is -2.41. The Balaban J connectivity index is 2.35. The summed E-state index contributed by atoms with van der Waals surface area (Å²) in [6.45, 7) is 11.1. The predicted molar refractivity (Wildman–Crippen MR) is 70.7 cm³/mol. The molecule has 0 saturated carbocycles. The fourth-order valence-electron chi connectivity index (χ4n) is 2.15. The van der Waals surface area contributed by atoms with E-state index in [-0.39, 0.29) is 17.4 Å². The van der Waals surface area contributed by atoms with Crippen molar-refractivity contribution >= 4 is 5.91 Å². The molecule has 1 amide bonds. The molecule has 100 valence electrons. The molecule has 0 aromatic rings. The van der Waals surface area contributed by atoms with Gasteiger partial charge in [0.1, 0.15) is 0 Å². The Labute approximate surface area is 105 Å². The highest BCUT2D eigenvalue weighted by Crippen LogP contribution is 2.20. The molecule has 0 aromatic carbocycles. The Morgan fingerprint density at radius 2 is 1.94 bits per heavy atom. The quantitative estimate of drug-likeness (QED) is 0.774. The van der Waals surface area contributed by atoms with Gasteiger partial charge >= 0.3 is 0 Å². The molecule has 1 saturated heterocycles. The van der Waals surface area contributed by atoms with Crippen molar-refractivity contribution < 1.29 is 4.79 Å². The van der Waals surface area contributed by atoms with Crippen LogP contribution in [0.25, 0.3) is 0 Å². The number of hydrogen-bond donors (Lipinski definition) is 2. The van der Waals surface area contributed by atoms with E-state index in [1.807, 2.05) is 6.92 Å². The van der Waals surface area contributed by atoms with E-state index in [2.05, 4.69) is 31.0 Å². The number of nitrogens with zero attached hydrogens (tertiary/aromatic N) is 1. The van der Waals surface area contributed by atoms with Crippen LogP contribution in [0.4, 0.5) is 0 Å². The van der Waals surface area contributed by atoms with Crippen LogP contribution in [0, 0.1) is 5.92 Å². The van der Waals surface area contributed by atoms with Crippen molar-refractivity contribution in [3.8, 4) is 0 Å². The first-order valence-electron chi connectivity index (χ1n) is 6.60. The van der Waals surface area contributed by atoms with Gasteiger partial charge in [-0.3, -0.25) is 9.69 Å². The van der Waals surface area contributed by atoms with Gasteiger partial charge in [0.25, 0.3) is 0 Å². The van der Waals surface area contributed by atoms with Gasteiger partial charge in [0.2, 0.25) is 5.91 Å². The Morgan fingerprint density at radius 3 is 2.35 bits per heavy atom. The van der Waals surface area contributed by atoms with Crippen LogP contribution in [0.15, 0.2) is 0 Å². The van der Waals surface area contributed by atoms with E-state index in [0.29, 0.717) is 12.6 Å². The van der Waals surface area contributed by atoms with Crippen molar-refractivity contribution in [1.29, 1.82) is 0 Å². The van der Waals surface area contributed by atoms with Crippen molar-refractivity contribution in [2.24, 2.45) is 11.7 Å². The maximum atomic E-state index is 11.7. The summed E-state index contributed by atoms with van der Waals surface area (Å²) in [7, 11) is 0. The fourth-order valence-corrected chi connectivity index (χ4v) is 2.15. The first-order valence-corrected chi connectivity index (χ1v) is 6.60. The summed E-state index contributed by atoms with van der Waals surface area (Å²) in [5.74, 6) is 0.0253. The molecule has 1 fully saturated rings. The summed E-state index contributed by atoms with van der Waals surface area (Å²) in [5.41, 5.74) is 5.72. The number of likely N-dealkylation sites (tertiary alicyclic amines) is 1. The summed E-state index contributed by atoms with van der Waals surface area (Å²) in [4.78, 5) is 14.2. The monoisotopic (exact) mass is 241 g/mol. The molecule has 1 aliphatic heterocycles. The lowest BCUT2D eigenvalue weighted by atomic mass is 9.97. The van der Waals surface area contributed by atoms with Crippen LogP contribution in [-0.4, -0.2) is 42.0 Å². The minimum Gasteiger partial charge on any atom is -0.353 e. The summed E-state index contributed by atoms with van der Waals surface area (Å²) in [5, 5.41) is 3.10. The van der Waals surface area contributed by atoms with Crippen LogP contribution in [-0.2, 0) is 4.79 Å². The first kappa shape index (κ1) is 14.5. The molecular weight excluding hydrogens is 214 g/mol. The largest absolute Gasteiger partial charge is 0.353 e. The molecule has 4 heteroatoms. The normalized spacial score (nSPS) is 21.2. The SMILES string of the molecule is CC(CN)C(=O)NC1CCN(C(C)(C)C)CC1. The fraction of sp³-hybridized carbons (Fsp3) is 0.923. The lowest BCUT2D eigenvalue weighted by molar-refractivity contribution is -0.125. The van der Waals surface area contributed by atoms with Crippen LogP contribution in [0.1, 0.15) is 40.5 Å². The van der Waals surface area contributed by atoms with Gasteiger partial charge in [-0.05, 0) is 33.6 Å². The summed E-state index contributed by atoms with van der Waals surface area (Å²) >= 11 is 0. The third-order valence-corrected chi connectivity index (χ3v) is 3.59. The molecule has 17 heavy (non-hydrogen) atoms. The van der Waals surface area contributed by atoms with E-state index in [0.717, 1.165) is 25.9 Å². The number of nitrogens with two attached hydrogens (primary N) is 1. The van der Waals surface area contributed by atoms with Crippen LogP contribution in [0.5, 0.6) is 0 Å². The number of piperidine rings is 1. The molecule has 0 spiro atoms. The van der Waals surface area contributed by atoms with Gasteiger partial charge in [-0.1, -0.05) is 6.92 Å². The zero-order valence-electron chi connectivity index (χ0n) is 11.6. The molecule has 0 aromatic heterocycles. The van der Waals surface area contributed by atoms with Gasteiger partial charge in [0.05, 0.1) is 0 Å². The number of nitrogens with one attached hydrogen (secondary N) is 1. The smallest absolute Gasteiger partial charge is 0.224 e. The third kappa shape index (κ3) is 4.28. The van der Waals surface area contributed by atoms with Crippen molar-refractivity contribution in [1.82, 2.24) is 10.2 Å². The van der Waals surface area contributed by atoms with E-state index in [1.54, 1.807) is 0 Å². The van der Waals surface area contributed by atoms with E-state index >= 15 is 0 Å². The van der Waals surface area contributed by atoms with Crippen molar-refractivity contribution in [3.05, 3.63) is 0 Å². The minimum absolute atomic E-state index is 0.0735. The van der Waals surface area contributed by atoms with Crippen LogP contribution < -0.4 is 11.1 Å². The zero-order valence-corrected chi connectivity index (χ0v) is 11.6. The molecular formula is C13H27N3O. The average Bonchev–Trinajstić information content (AvgIpc) is 2.27. The second-order valence-corrected chi connectivity index (χ2v) is 6.08. The Morgan fingerprint density at radius 1 is 1.41 bits per heavy atom. The molecule has 0 aliphatic carbocycles. The Hall–Kier alpha value is -0.610. The molecule has 1 rings (SSSR count). The number of hydrogen-bond acceptors (Lipinski definition) is 3. The van der Waals surface area contributed by atoms with Crippen LogP contribution in [0.2, 0.25) is 0 Å². The lowest BCUT2D eigenvalue weighted by Crippen LogP contribution is -2.51. The van der Waals surface area contributed by atoms with Gasteiger partial charge < -0.3 is 11.1 Å². The summed E-state index contributed by atoms with van der Waals surface area (Å²) < 4.78 is 0. The summed E-state index contributed by atoms with van der Waals surface area (Å²) in [6, 6.07) is 0.329. The van der Waals surface area contributed by atoms with E-state index in [9.17, 15) is 4.79 Å². The number of carbonyl (C=O) groups is 1.